The van der Waals surface area contributed by atoms with Gasteiger partial charge in [-0.3, -0.25) is 9.59 Å². The summed E-state index contributed by atoms with van der Waals surface area (Å²) in [6.45, 7) is -0.152. The number of pyridine rings is 1. The molecule has 1 N–H and O–H groups in total. The molecule has 1 amide bonds. The minimum absolute atomic E-state index is 0.106. The molecule has 0 saturated heterocycles. The number of fused-ring (bicyclic) bond motifs is 1. The number of anilines is 1. The molecule has 1 aromatic heterocycles. The third-order valence-corrected chi connectivity index (χ3v) is 3.81. The lowest BCUT2D eigenvalue weighted by molar-refractivity contribution is -0.118. The van der Waals surface area contributed by atoms with Gasteiger partial charge in [-0.2, -0.15) is 0 Å². The molecule has 3 rings (SSSR count). The molecule has 128 valence electrons. The largest absolute Gasteiger partial charge is 0.497 e. The first-order valence-electron chi connectivity index (χ1n) is 7.73. The number of methoxy groups -OCH3 is 1. The normalized spacial score (nSPS) is 10.5. The van der Waals surface area contributed by atoms with E-state index in [4.69, 9.17) is 9.47 Å². The molecular formula is C19H18N2O4. The predicted molar refractivity (Wildman–Crippen MR) is 96.3 cm³/mol. The Balaban J connectivity index is 1.70. The van der Waals surface area contributed by atoms with E-state index in [1.54, 1.807) is 68.9 Å². The van der Waals surface area contributed by atoms with E-state index in [1.807, 2.05) is 0 Å². The number of ether oxygens (including phenoxy) is 2. The van der Waals surface area contributed by atoms with Crippen LogP contribution in [0.1, 0.15) is 0 Å². The molecular weight excluding hydrogens is 320 g/mol. The van der Waals surface area contributed by atoms with Crippen molar-refractivity contribution < 1.29 is 14.3 Å². The van der Waals surface area contributed by atoms with Gasteiger partial charge in [-0.05, 0) is 42.5 Å². The van der Waals surface area contributed by atoms with Gasteiger partial charge in [0.1, 0.15) is 11.5 Å². The maximum absolute atomic E-state index is 12.1. The number of benzene rings is 2. The number of hydrogen-bond acceptors (Lipinski definition) is 4. The highest BCUT2D eigenvalue weighted by atomic mass is 16.5. The van der Waals surface area contributed by atoms with Crippen molar-refractivity contribution in [3.63, 3.8) is 0 Å². The summed E-state index contributed by atoms with van der Waals surface area (Å²) in [6.07, 6.45) is 1.68. The summed E-state index contributed by atoms with van der Waals surface area (Å²) in [6, 6.07) is 14.0. The molecule has 0 spiro atoms. The topological polar surface area (TPSA) is 69.6 Å². The number of rotatable bonds is 5. The summed E-state index contributed by atoms with van der Waals surface area (Å²) in [4.78, 5) is 24.2. The van der Waals surface area contributed by atoms with Gasteiger partial charge in [0.15, 0.2) is 6.61 Å². The van der Waals surface area contributed by atoms with Crippen LogP contribution in [-0.4, -0.2) is 24.2 Å². The van der Waals surface area contributed by atoms with E-state index in [1.165, 1.54) is 4.57 Å². The zero-order valence-electron chi connectivity index (χ0n) is 14.0. The number of hydrogen-bond donors (Lipinski definition) is 1. The number of aryl methyl sites for hydroxylation is 1. The highest BCUT2D eigenvalue weighted by molar-refractivity contribution is 5.92. The highest BCUT2D eigenvalue weighted by Gasteiger charge is 2.09. The smallest absolute Gasteiger partial charge is 0.262 e. The van der Waals surface area contributed by atoms with Gasteiger partial charge in [-0.25, -0.2) is 0 Å². The first kappa shape index (κ1) is 16.6. The van der Waals surface area contributed by atoms with Crippen LogP contribution in [0.3, 0.4) is 0 Å². The van der Waals surface area contributed by atoms with Gasteiger partial charge in [0.2, 0.25) is 0 Å². The SMILES string of the molecule is COc1ccc(NC(=O)COc2cccc3c(=O)n(C)ccc23)cc1. The minimum atomic E-state index is -0.286. The van der Waals surface area contributed by atoms with E-state index in [0.717, 1.165) is 0 Å². The number of carbonyl (C=O) groups excluding carboxylic acids is 1. The number of carbonyl (C=O) groups is 1. The van der Waals surface area contributed by atoms with Crippen molar-refractivity contribution in [2.45, 2.75) is 0 Å². The van der Waals surface area contributed by atoms with Crippen molar-refractivity contribution in [2.24, 2.45) is 7.05 Å². The third kappa shape index (κ3) is 3.63. The van der Waals surface area contributed by atoms with E-state index < -0.39 is 0 Å². The molecule has 25 heavy (non-hydrogen) atoms. The van der Waals surface area contributed by atoms with Gasteiger partial charge in [0, 0.05) is 24.3 Å². The highest BCUT2D eigenvalue weighted by Crippen LogP contribution is 2.23. The quantitative estimate of drug-likeness (QED) is 0.776. The van der Waals surface area contributed by atoms with Gasteiger partial charge in [-0.1, -0.05) is 6.07 Å². The second-order valence-electron chi connectivity index (χ2n) is 5.51. The van der Waals surface area contributed by atoms with Crippen LogP contribution < -0.4 is 20.3 Å². The summed E-state index contributed by atoms with van der Waals surface area (Å²) in [5, 5.41) is 3.98. The van der Waals surface area contributed by atoms with Crippen molar-refractivity contribution in [3.8, 4) is 11.5 Å². The van der Waals surface area contributed by atoms with Crippen molar-refractivity contribution in [2.75, 3.05) is 19.0 Å². The lowest BCUT2D eigenvalue weighted by Crippen LogP contribution is -2.20. The standard InChI is InChI=1S/C19H18N2O4/c1-21-11-10-15-16(19(21)23)4-3-5-17(15)25-12-18(22)20-13-6-8-14(24-2)9-7-13/h3-11H,12H2,1-2H3,(H,20,22). The first-order valence-corrected chi connectivity index (χ1v) is 7.73. The van der Waals surface area contributed by atoms with E-state index in [2.05, 4.69) is 5.32 Å². The summed E-state index contributed by atoms with van der Waals surface area (Å²) in [7, 11) is 3.27. The Labute approximate surface area is 144 Å². The molecule has 3 aromatic rings. The van der Waals surface area contributed by atoms with Gasteiger partial charge in [0.05, 0.1) is 12.5 Å². The summed E-state index contributed by atoms with van der Waals surface area (Å²) >= 11 is 0. The Kier molecular flexibility index (Phi) is 4.70. The molecule has 0 fully saturated rings. The second kappa shape index (κ2) is 7.09. The molecule has 0 unspecified atom stereocenters. The van der Waals surface area contributed by atoms with Gasteiger partial charge in [0.25, 0.3) is 11.5 Å². The predicted octanol–water partition coefficient (Wildman–Crippen LogP) is 2.56. The summed E-state index contributed by atoms with van der Waals surface area (Å²) in [5.74, 6) is 0.928. The van der Waals surface area contributed by atoms with Crippen LogP contribution in [0.2, 0.25) is 0 Å². The second-order valence-corrected chi connectivity index (χ2v) is 5.51. The average Bonchev–Trinajstić information content (AvgIpc) is 2.63. The molecule has 0 aliphatic rings. The van der Waals surface area contributed by atoms with Crippen LogP contribution in [0, 0.1) is 0 Å². The van der Waals surface area contributed by atoms with Gasteiger partial charge in [-0.15, -0.1) is 0 Å². The molecule has 0 aliphatic carbocycles. The van der Waals surface area contributed by atoms with Gasteiger partial charge >= 0.3 is 0 Å². The summed E-state index contributed by atoms with van der Waals surface area (Å²) in [5.41, 5.74) is 0.548. The molecule has 1 heterocycles. The fourth-order valence-electron chi connectivity index (χ4n) is 2.49. The molecule has 2 aromatic carbocycles. The number of nitrogens with one attached hydrogen (secondary N) is 1. The Morgan fingerprint density at radius 2 is 1.84 bits per heavy atom. The molecule has 0 saturated carbocycles. The van der Waals surface area contributed by atoms with Crippen LogP contribution in [0.5, 0.6) is 11.5 Å². The Morgan fingerprint density at radius 3 is 2.56 bits per heavy atom. The summed E-state index contributed by atoms with van der Waals surface area (Å²) < 4.78 is 12.2. The fourth-order valence-corrected chi connectivity index (χ4v) is 2.49. The molecule has 6 heteroatoms. The van der Waals surface area contributed by atoms with Crippen molar-refractivity contribution in [1.29, 1.82) is 0 Å². The minimum Gasteiger partial charge on any atom is -0.497 e. The zero-order chi connectivity index (χ0) is 17.8. The van der Waals surface area contributed by atoms with Crippen LogP contribution in [0.4, 0.5) is 5.69 Å². The fraction of sp³-hybridized carbons (Fsp3) is 0.158. The van der Waals surface area contributed by atoms with E-state index in [9.17, 15) is 9.59 Å². The molecule has 0 aliphatic heterocycles. The number of nitrogens with zero attached hydrogens (tertiary/aromatic N) is 1. The van der Waals surface area contributed by atoms with Crippen molar-refractivity contribution in [1.82, 2.24) is 4.57 Å². The van der Waals surface area contributed by atoms with Crippen LogP contribution in [0.25, 0.3) is 10.8 Å². The third-order valence-electron chi connectivity index (χ3n) is 3.81. The average molecular weight is 338 g/mol. The Morgan fingerprint density at radius 1 is 1.08 bits per heavy atom. The van der Waals surface area contributed by atoms with E-state index >= 15 is 0 Å². The number of amides is 1. The maximum atomic E-state index is 12.1. The maximum Gasteiger partial charge on any atom is 0.262 e. The van der Waals surface area contributed by atoms with E-state index in [0.29, 0.717) is 28.0 Å². The first-order chi connectivity index (χ1) is 12.1. The van der Waals surface area contributed by atoms with Gasteiger partial charge < -0.3 is 19.4 Å². The molecule has 0 bridgehead atoms. The van der Waals surface area contributed by atoms with Crippen LogP contribution >= 0.6 is 0 Å². The Bertz CT molecular complexity index is 961. The van der Waals surface area contributed by atoms with Crippen LogP contribution in [0.15, 0.2) is 59.5 Å². The van der Waals surface area contributed by atoms with E-state index in [-0.39, 0.29) is 18.1 Å². The molecule has 6 nitrogen and oxygen atoms in total. The monoisotopic (exact) mass is 338 g/mol. The lowest BCUT2D eigenvalue weighted by Gasteiger charge is -2.10. The number of aromatic nitrogens is 1. The zero-order valence-corrected chi connectivity index (χ0v) is 14.0. The molecule has 0 radical (unpaired) electrons. The Hall–Kier alpha value is -3.28. The lowest BCUT2D eigenvalue weighted by atomic mass is 10.1. The molecule has 0 atom stereocenters. The van der Waals surface area contributed by atoms with Crippen molar-refractivity contribution in [3.05, 3.63) is 65.1 Å². The van der Waals surface area contributed by atoms with Crippen molar-refractivity contribution >= 4 is 22.4 Å². The van der Waals surface area contributed by atoms with Crippen LogP contribution in [-0.2, 0) is 11.8 Å².